The van der Waals surface area contributed by atoms with Gasteiger partial charge in [-0.2, -0.15) is 0 Å². The molecule has 49 heavy (non-hydrogen) atoms. The molecule has 0 fully saturated rings. The average Bonchev–Trinajstić information content (AvgIpc) is 3.58. The van der Waals surface area contributed by atoms with Crippen LogP contribution >= 0.6 is 0 Å². The van der Waals surface area contributed by atoms with Gasteiger partial charge in [-0.3, -0.25) is 0 Å². The number of benzene rings is 7. The molecule has 4 heteroatoms. The molecule has 2 heterocycles. The van der Waals surface area contributed by atoms with Crippen LogP contribution in [0, 0.1) is 0 Å². The maximum Gasteiger partial charge on any atom is 0.164 e. The Morgan fingerprint density at radius 3 is 1.37 bits per heavy atom. The van der Waals surface area contributed by atoms with Gasteiger partial charge in [-0.05, 0) is 46.5 Å². The molecule has 0 bridgehead atoms. The van der Waals surface area contributed by atoms with E-state index in [2.05, 4.69) is 24.3 Å². The van der Waals surface area contributed by atoms with Crippen LogP contribution in [0.3, 0.4) is 0 Å². The van der Waals surface area contributed by atoms with Crippen LogP contribution < -0.4 is 0 Å². The second-order valence-electron chi connectivity index (χ2n) is 11.7. The number of para-hydroxylation sites is 2. The Morgan fingerprint density at radius 2 is 0.816 bits per heavy atom. The maximum atomic E-state index is 9.34. The molecule has 230 valence electrons. The van der Waals surface area contributed by atoms with E-state index in [1.165, 1.54) is 6.07 Å². The zero-order chi connectivity index (χ0) is 36.9. The minimum Gasteiger partial charge on any atom is -0.309 e. The highest BCUT2D eigenvalue weighted by Crippen LogP contribution is 2.35. The molecular formula is C45H30N4. The van der Waals surface area contributed by atoms with E-state index in [9.17, 15) is 2.74 Å². The third kappa shape index (κ3) is 5.35. The number of rotatable bonds is 6. The lowest BCUT2D eigenvalue weighted by atomic mass is 10.0. The fourth-order valence-corrected chi connectivity index (χ4v) is 6.23. The average molecular weight is 632 g/mol. The Bertz CT molecular complexity index is 2740. The van der Waals surface area contributed by atoms with E-state index in [4.69, 9.17) is 19.1 Å². The summed E-state index contributed by atoms with van der Waals surface area (Å²) in [6.07, 6.45) is 0. The Kier molecular flexibility index (Phi) is 5.87. The van der Waals surface area contributed by atoms with Gasteiger partial charge >= 0.3 is 0 Å². The minimum atomic E-state index is -0.115. The van der Waals surface area contributed by atoms with Crippen molar-refractivity contribution in [1.29, 1.82) is 0 Å². The van der Waals surface area contributed by atoms with Crippen molar-refractivity contribution in [3.8, 4) is 62.1 Å². The van der Waals surface area contributed by atoms with Crippen LogP contribution in [0.4, 0.5) is 0 Å². The molecule has 0 saturated heterocycles. The summed E-state index contributed by atoms with van der Waals surface area (Å²) < 4.78 is 46.7. The molecule has 4 nitrogen and oxygen atoms in total. The normalized spacial score (nSPS) is 12.7. The lowest BCUT2D eigenvalue weighted by Crippen LogP contribution is -2.00. The smallest absolute Gasteiger partial charge is 0.164 e. The minimum absolute atomic E-state index is 0.0222. The van der Waals surface area contributed by atoms with Gasteiger partial charge in [0.05, 0.1) is 17.9 Å². The van der Waals surface area contributed by atoms with Crippen LogP contribution in [0.25, 0.3) is 83.9 Å². The van der Waals surface area contributed by atoms with Crippen LogP contribution in [0.5, 0.6) is 0 Å². The molecule has 0 saturated carbocycles. The summed E-state index contributed by atoms with van der Waals surface area (Å²) in [5, 5.41) is 0.720. The largest absolute Gasteiger partial charge is 0.309 e. The van der Waals surface area contributed by atoms with Crippen molar-refractivity contribution in [2.45, 2.75) is 0 Å². The lowest BCUT2D eigenvalue weighted by Gasteiger charge is -2.11. The van der Waals surface area contributed by atoms with E-state index in [1.807, 2.05) is 115 Å². The summed E-state index contributed by atoms with van der Waals surface area (Å²) in [4.78, 5) is 14.8. The predicted molar refractivity (Wildman–Crippen MR) is 201 cm³/mol. The van der Waals surface area contributed by atoms with Crippen molar-refractivity contribution < 1.29 is 6.85 Å². The summed E-state index contributed by atoms with van der Waals surface area (Å²) in [6.45, 7) is 0. The van der Waals surface area contributed by atoms with Crippen molar-refractivity contribution in [1.82, 2.24) is 19.5 Å². The summed E-state index contributed by atoms with van der Waals surface area (Å²) in [5.74, 6) is 1.05. The third-order valence-corrected chi connectivity index (χ3v) is 8.68. The van der Waals surface area contributed by atoms with Crippen LogP contribution in [0.1, 0.15) is 6.85 Å². The molecule has 0 N–H and O–H groups in total. The molecule has 0 aliphatic carbocycles. The van der Waals surface area contributed by atoms with Gasteiger partial charge in [0.2, 0.25) is 0 Å². The molecule has 0 aliphatic heterocycles. The molecular weight excluding hydrogens is 597 g/mol. The van der Waals surface area contributed by atoms with E-state index in [-0.39, 0.29) is 36.0 Å². The Balaban J connectivity index is 1.28. The second-order valence-corrected chi connectivity index (χ2v) is 11.7. The van der Waals surface area contributed by atoms with Crippen molar-refractivity contribution in [3.63, 3.8) is 0 Å². The monoisotopic (exact) mass is 631 g/mol. The van der Waals surface area contributed by atoms with E-state index in [0.29, 0.717) is 44.7 Å². The highest BCUT2D eigenvalue weighted by Gasteiger charge is 2.17. The van der Waals surface area contributed by atoms with Gasteiger partial charge in [0.1, 0.15) is 0 Å². The number of fused-ring (bicyclic) bond motifs is 3. The molecule has 0 atom stereocenters. The summed E-state index contributed by atoms with van der Waals surface area (Å²) in [7, 11) is 0. The van der Waals surface area contributed by atoms with Gasteiger partial charge in [0.25, 0.3) is 0 Å². The van der Waals surface area contributed by atoms with Crippen LogP contribution in [-0.2, 0) is 0 Å². The third-order valence-electron chi connectivity index (χ3n) is 8.68. The first-order chi connectivity index (χ1) is 26.4. The zero-order valence-corrected chi connectivity index (χ0v) is 26.2. The van der Waals surface area contributed by atoms with Gasteiger partial charge in [0, 0.05) is 33.2 Å². The fraction of sp³-hybridized carbons (Fsp3) is 0. The Hall–Kier alpha value is -6.65. The van der Waals surface area contributed by atoms with Gasteiger partial charge in [-0.25, -0.2) is 15.0 Å². The lowest BCUT2D eigenvalue weighted by molar-refractivity contribution is 1.07. The van der Waals surface area contributed by atoms with Gasteiger partial charge in [0.15, 0.2) is 17.5 Å². The molecule has 9 aromatic rings. The van der Waals surface area contributed by atoms with E-state index < -0.39 is 0 Å². The molecule has 0 radical (unpaired) electrons. The summed E-state index contributed by atoms with van der Waals surface area (Å²) in [6, 6.07) is 48.4. The standard InChI is InChI=1S/C45H30N4/c1-4-12-31(13-5-1)33-20-24-35(25-21-33)43-46-44(36-26-22-34(23-27-36)32-14-6-2-7-15-32)48-45(47-43)37-28-29-40-39-18-10-11-19-41(39)49(42(40)30-37)38-16-8-3-9-17-38/h1-30H/i11D,18D,19D,28D,29D. The number of aromatic nitrogens is 4. The van der Waals surface area contributed by atoms with Crippen LogP contribution in [0.15, 0.2) is 182 Å². The van der Waals surface area contributed by atoms with Crippen molar-refractivity contribution in [2.24, 2.45) is 0 Å². The van der Waals surface area contributed by atoms with E-state index in [0.717, 1.165) is 33.4 Å². The predicted octanol–water partition coefficient (Wildman–Crippen LogP) is 11.3. The number of hydrogen-bond acceptors (Lipinski definition) is 3. The number of nitrogens with zero attached hydrogens (tertiary/aromatic N) is 4. The zero-order valence-electron chi connectivity index (χ0n) is 31.2. The summed E-state index contributed by atoms with van der Waals surface area (Å²) in [5.41, 5.74) is 7.68. The first-order valence-electron chi connectivity index (χ1n) is 18.5. The topological polar surface area (TPSA) is 43.6 Å². The molecule has 0 unspecified atom stereocenters. The quantitative estimate of drug-likeness (QED) is 0.183. The van der Waals surface area contributed by atoms with Crippen molar-refractivity contribution in [2.75, 3.05) is 0 Å². The van der Waals surface area contributed by atoms with Crippen LogP contribution in [-0.4, -0.2) is 19.5 Å². The SMILES string of the molecule is [2H]c1cc([2H])c2c3c([2H])c([2H])c(-c4nc(-c5ccc(-c6ccccc6)cc5)nc(-c5ccc(-c6ccccc6)cc5)n4)cc3n(-c3ccccc3)c2c1[2H]. The van der Waals surface area contributed by atoms with E-state index >= 15 is 0 Å². The number of hydrogen-bond donors (Lipinski definition) is 0. The first-order valence-corrected chi connectivity index (χ1v) is 16.0. The molecule has 0 spiro atoms. The molecule has 0 aliphatic rings. The molecule has 2 aromatic heterocycles. The van der Waals surface area contributed by atoms with Gasteiger partial charge in [-0.1, -0.05) is 158 Å². The fourth-order valence-electron chi connectivity index (χ4n) is 6.23. The second kappa shape index (κ2) is 12.2. The van der Waals surface area contributed by atoms with Crippen molar-refractivity contribution in [3.05, 3.63) is 182 Å². The first kappa shape index (κ1) is 23.6. The summed E-state index contributed by atoms with van der Waals surface area (Å²) >= 11 is 0. The van der Waals surface area contributed by atoms with Gasteiger partial charge < -0.3 is 4.57 Å². The van der Waals surface area contributed by atoms with Crippen molar-refractivity contribution >= 4 is 21.8 Å². The Labute approximate surface area is 291 Å². The molecule has 9 rings (SSSR count). The van der Waals surface area contributed by atoms with E-state index in [1.54, 1.807) is 10.6 Å². The van der Waals surface area contributed by atoms with Gasteiger partial charge in [-0.15, -0.1) is 0 Å². The highest BCUT2D eigenvalue weighted by molar-refractivity contribution is 6.10. The Morgan fingerprint density at radius 1 is 0.367 bits per heavy atom. The van der Waals surface area contributed by atoms with Crippen LogP contribution in [0.2, 0.25) is 0 Å². The maximum absolute atomic E-state index is 9.34. The molecule has 0 amide bonds. The highest BCUT2D eigenvalue weighted by atomic mass is 15.0. The molecule has 7 aromatic carbocycles.